The van der Waals surface area contributed by atoms with E-state index in [2.05, 4.69) is 20.7 Å². The summed E-state index contributed by atoms with van der Waals surface area (Å²) in [5.74, 6) is -0.0344. The molecule has 0 saturated carbocycles. The number of hydrogen-bond donors (Lipinski definition) is 2. The highest BCUT2D eigenvalue weighted by atomic mass is 16.2. The lowest BCUT2D eigenvalue weighted by Crippen LogP contribution is -2.18. The molecule has 1 amide bonds. The third kappa shape index (κ3) is 3.29. The van der Waals surface area contributed by atoms with Crippen molar-refractivity contribution in [3.8, 4) is 0 Å². The van der Waals surface area contributed by atoms with Gasteiger partial charge in [0.15, 0.2) is 5.69 Å². The molecule has 0 saturated heterocycles. The van der Waals surface area contributed by atoms with Crippen LogP contribution in [0.15, 0.2) is 53.6 Å². The molecule has 1 heterocycles. The van der Waals surface area contributed by atoms with E-state index in [1.165, 1.54) is 0 Å². The molecule has 5 nitrogen and oxygen atoms in total. The Bertz CT molecular complexity index is 859. The van der Waals surface area contributed by atoms with Crippen LogP contribution >= 0.6 is 0 Å². The second-order valence-electron chi connectivity index (χ2n) is 5.63. The summed E-state index contributed by atoms with van der Waals surface area (Å²) < 4.78 is 0. The first kappa shape index (κ1) is 15.0. The van der Waals surface area contributed by atoms with Gasteiger partial charge in [-0.05, 0) is 22.8 Å². The van der Waals surface area contributed by atoms with Crippen molar-refractivity contribution in [3.05, 3.63) is 65.5 Å². The summed E-state index contributed by atoms with van der Waals surface area (Å²) in [6, 6.07) is 15.8. The number of H-pyrrole nitrogens is 1. The van der Waals surface area contributed by atoms with Crippen LogP contribution in [0.5, 0.6) is 0 Å². The van der Waals surface area contributed by atoms with Crippen molar-refractivity contribution >= 4 is 22.9 Å². The van der Waals surface area contributed by atoms with E-state index in [1.807, 2.05) is 56.3 Å². The van der Waals surface area contributed by atoms with Crippen LogP contribution in [0.2, 0.25) is 0 Å². The summed E-state index contributed by atoms with van der Waals surface area (Å²) in [5.41, 5.74) is 4.73. The summed E-state index contributed by atoms with van der Waals surface area (Å²) in [5, 5.41) is 13.1. The second kappa shape index (κ2) is 6.44. The van der Waals surface area contributed by atoms with E-state index in [9.17, 15) is 4.79 Å². The molecule has 0 aliphatic carbocycles. The fourth-order valence-electron chi connectivity index (χ4n) is 2.33. The van der Waals surface area contributed by atoms with Gasteiger partial charge in [0.2, 0.25) is 0 Å². The number of nitrogens with zero attached hydrogens (tertiary/aromatic N) is 2. The van der Waals surface area contributed by atoms with E-state index in [4.69, 9.17) is 0 Å². The summed E-state index contributed by atoms with van der Waals surface area (Å²) in [4.78, 5) is 12.0. The molecule has 0 aliphatic heterocycles. The molecule has 0 spiro atoms. The number of hydrogen-bond acceptors (Lipinski definition) is 3. The Balaban J connectivity index is 1.73. The first-order valence-corrected chi connectivity index (χ1v) is 7.51. The fourth-order valence-corrected chi connectivity index (χ4v) is 2.33. The Hall–Kier alpha value is -2.95. The molecule has 2 aromatic carbocycles. The molecule has 116 valence electrons. The smallest absolute Gasteiger partial charge is 0.282 e. The molecular weight excluding hydrogens is 288 g/mol. The van der Waals surface area contributed by atoms with Gasteiger partial charge in [0, 0.05) is 11.3 Å². The highest BCUT2D eigenvalue weighted by molar-refractivity contribution is 6.00. The number of rotatable bonds is 4. The van der Waals surface area contributed by atoms with Crippen LogP contribution in [0, 0.1) is 0 Å². The molecule has 0 unspecified atom stereocenters. The number of carbonyl (C=O) groups is 1. The molecule has 0 fully saturated rings. The van der Waals surface area contributed by atoms with Crippen LogP contribution in [0.4, 0.5) is 0 Å². The second-order valence-corrected chi connectivity index (χ2v) is 5.63. The minimum absolute atomic E-state index is 0.295. The van der Waals surface area contributed by atoms with Crippen molar-refractivity contribution in [2.45, 2.75) is 19.8 Å². The molecule has 2 N–H and O–H groups in total. The maximum Gasteiger partial charge on any atom is 0.291 e. The SMILES string of the molecule is CC(C)c1cc(C(=O)N/N=C\c2cccc3ccccc23)n[nH]1. The summed E-state index contributed by atoms with van der Waals surface area (Å²) >= 11 is 0. The zero-order valence-electron chi connectivity index (χ0n) is 13.1. The quantitative estimate of drug-likeness (QED) is 0.572. The number of aromatic nitrogens is 2. The molecule has 0 atom stereocenters. The minimum atomic E-state index is -0.329. The number of benzene rings is 2. The standard InChI is InChI=1S/C18H18N4O/c1-12(2)16-10-17(21-20-16)18(23)22-19-11-14-8-5-7-13-6-3-4-9-15(13)14/h3-12H,1-2H3,(H,20,21)(H,22,23)/b19-11-. The van der Waals surface area contributed by atoms with Crippen molar-refractivity contribution in [1.82, 2.24) is 15.6 Å². The van der Waals surface area contributed by atoms with Crippen molar-refractivity contribution in [2.75, 3.05) is 0 Å². The fraction of sp³-hybridized carbons (Fsp3) is 0.167. The van der Waals surface area contributed by atoms with Gasteiger partial charge in [-0.1, -0.05) is 56.3 Å². The Kier molecular flexibility index (Phi) is 4.19. The zero-order chi connectivity index (χ0) is 16.2. The normalized spacial score (nSPS) is 11.4. The van der Waals surface area contributed by atoms with Gasteiger partial charge >= 0.3 is 0 Å². The van der Waals surface area contributed by atoms with E-state index >= 15 is 0 Å². The van der Waals surface area contributed by atoms with Crippen LogP contribution in [-0.4, -0.2) is 22.3 Å². The van der Waals surface area contributed by atoms with E-state index in [-0.39, 0.29) is 5.91 Å². The van der Waals surface area contributed by atoms with Gasteiger partial charge < -0.3 is 0 Å². The molecule has 3 aromatic rings. The number of fused-ring (bicyclic) bond motifs is 1. The zero-order valence-corrected chi connectivity index (χ0v) is 13.1. The third-order valence-electron chi connectivity index (χ3n) is 3.65. The third-order valence-corrected chi connectivity index (χ3v) is 3.65. The molecule has 1 aromatic heterocycles. The van der Waals surface area contributed by atoms with Crippen LogP contribution in [0.25, 0.3) is 10.8 Å². The van der Waals surface area contributed by atoms with E-state index in [1.54, 1.807) is 12.3 Å². The number of nitrogens with one attached hydrogen (secondary N) is 2. The first-order valence-electron chi connectivity index (χ1n) is 7.51. The van der Waals surface area contributed by atoms with Gasteiger partial charge in [-0.25, -0.2) is 5.43 Å². The number of hydrazone groups is 1. The first-order chi connectivity index (χ1) is 11.1. The molecular formula is C18H18N4O. The maximum absolute atomic E-state index is 12.0. The summed E-state index contributed by atoms with van der Waals surface area (Å²) in [7, 11) is 0. The number of aromatic amines is 1. The molecule has 3 rings (SSSR count). The number of amides is 1. The lowest BCUT2D eigenvalue weighted by molar-refractivity contribution is 0.0950. The van der Waals surface area contributed by atoms with Gasteiger partial charge in [-0.2, -0.15) is 10.2 Å². The summed E-state index contributed by atoms with van der Waals surface area (Å²) in [6.45, 7) is 4.07. The average Bonchev–Trinajstić information content (AvgIpc) is 3.05. The number of carbonyl (C=O) groups excluding carboxylic acids is 1. The predicted octanol–water partition coefficient (Wildman–Crippen LogP) is 3.45. The largest absolute Gasteiger partial charge is 0.291 e. The molecule has 0 bridgehead atoms. The molecule has 0 aliphatic rings. The highest BCUT2D eigenvalue weighted by Crippen LogP contribution is 2.16. The van der Waals surface area contributed by atoms with Gasteiger partial charge in [0.1, 0.15) is 0 Å². The van der Waals surface area contributed by atoms with Gasteiger partial charge in [0.25, 0.3) is 5.91 Å². The molecule has 5 heteroatoms. The minimum Gasteiger partial charge on any atom is -0.282 e. The van der Waals surface area contributed by atoms with Crippen molar-refractivity contribution in [3.63, 3.8) is 0 Å². The van der Waals surface area contributed by atoms with E-state index in [0.717, 1.165) is 22.0 Å². The Morgan fingerprint density at radius 1 is 1.22 bits per heavy atom. The van der Waals surface area contributed by atoms with Gasteiger partial charge in [0.05, 0.1) is 6.21 Å². The molecule has 0 radical (unpaired) electrons. The average molecular weight is 306 g/mol. The van der Waals surface area contributed by atoms with Crippen molar-refractivity contribution in [2.24, 2.45) is 5.10 Å². The van der Waals surface area contributed by atoms with E-state index in [0.29, 0.717) is 11.6 Å². The monoisotopic (exact) mass is 306 g/mol. The van der Waals surface area contributed by atoms with Crippen molar-refractivity contribution in [1.29, 1.82) is 0 Å². The highest BCUT2D eigenvalue weighted by Gasteiger charge is 2.11. The van der Waals surface area contributed by atoms with Gasteiger partial charge in [-0.15, -0.1) is 0 Å². The Labute approximate surface area is 134 Å². The Morgan fingerprint density at radius 3 is 2.78 bits per heavy atom. The van der Waals surface area contributed by atoms with Gasteiger partial charge in [-0.3, -0.25) is 9.89 Å². The van der Waals surface area contributed by atoms with Crippen molar-refractivity contribution < 1.29 is 4.79 Å². The van der Waals surface area contributed by atoms with Crippen LogP contribution in [0.3, 0.4) is 0 Å². The lowest BCUT2D eigenvalue weighted by atomic mass is 10.1. The van der Waals surface area contributed by atoms with Crippen LogP contribution in [-0.2, 0) is 0 Å². The topological polar surface area (TPSA) is 70.1 Å². The summed E-state index contributed by atoms with van der Waals surface area (Å²) in [6.07, 6.45) is 1.65. The Morgan fingerprint density at radius 2 is 2.00 bits per heavy atom. The maximum atomic E-state index is 12.0. The van der Waals surface area contributed by atoms with Crippen LogP contribution < -0.4 is 5.43 Å². The lowest BCUT2D eigenvalue weighted by Gasteiger charge is -2.01. The van der Waals surface area contributed by atoms with Crippen LogP contribution in [0.1, 0.15) is 41.5 Å². The molecule has 23 heavy (non-hydrogen) atoms. The predicted molar refractivity (Wildman–Crippen MR) is 91.7 cm³/mol. The van der Waals surface area contributed by atoms with E-state index < -0.39 is 0 Å².